The van der Waals surface area contributed by atoms with Crippen LogP contribution in [0.15, 0.2) is 0 Å². The van der Waals surface area contributed by atoms with Crippen LogP contribution in [-0.2, 0) is 18.9 Å². The van der Waals surface area contributed by atoms with Gasteiger partial charge >= 0.3 is 0 Å². The molecule has 0 aromatic heterocycles. The summed E-state index contributed by atoms with van der Waals surface area (Å²) in [6.07, 6.45) is 11.7. The van der Waals surface area contributed by atoms with Crippen LogP contribution in [0.2, 0.25) is 0 Å². The first-order valence-electron chi connectivity index (χ1n) is 9.74. The van der Waals surface area contributed by atoms with Gasteiger partial charge in [-0.15, -0.1) is 0 Å². The zero-order chi connectivity index (χ0) is 16.2. The Balaban J connectivity index is 1.40. The minimum Gasteiger partial charge on any atom is -0.344 e. The van der Waals surface area contributed by atoms with Gasteiger partial charge in [0.2, 0.25) is 0 Å². The summed E-state index contributed by atoms with van der Waals surface area (Å²) in [5.74, 6) is -0.846. The van der Waals surface area contributed by atoms with Crippen molar-refractivity contribution in [3.05, 3.63) is 0 Å². The van der Waals surface area contributed by atoms with Gasteiger partial charge in [0.15, 0.2) is 11.6 Å². The van der Waals surface area contributed by atoms with Crippen molar-refractivity contribution >= 4 is 12.0 Å². The first-order chi connectivity index (χ1) is 11.7. The molecule has 1 N–H and O–H groups in total. The molecule has 2 aliphatic heterocycles. The molecule has 0 bridgehead atoms. The van der Waals surface area contributed by atoms with Crippen LogP contribution in [0, 0.1) is 0 Å². The summed E-state index contributed by atoms with van der Waals surface area (Å²) in [5, 5.41) is 0.0138. The Morgan fingerprint density at radius 1 is 0.667 bits per heavy atom. The zero-order valence-corrected chi connectivity index (χ0v) is 15.0. The fourth-order valence-electron chi connectivity index (χ4n) is 5.47. The predicted octanol–water partition coefficient (Wildman–Crippen LogP) is 3.85. The van der Waals surface area contributed by atoms with Gasteiger partial charge in [-0.25, -0.2) is 0 Å². The summed E-state index contributed by atoms with van der Waals surface area (Å²) < 4.78 is 35.7. The molecule has 136 valence electrons. The Morgan fingerprint density at radius 3 is 1.83 bits per heavy atom. The van der Waals surface area contributed by atoms with Gasteiger partial charge in [0.05, 0.1) is 11.4 Å². The third-order valence-electron chi connectivity index (χ3n) is 6.63. The number of hydrogen-bond acceptors (Lipinski definition) is 6. The molecule has 0 amide bonds. The molecule has 3 unspecified atom stereocenters. The molecule has 5 aliphatic rings. The van der Waals surface area contributed by atoms with Crippen molar-refractivity contribution in [1.29, 1.82) is 0 Å². The highest BCUT2D eigenvalue weighted by atomic mass is 32.2. The fraction of sp³-hybridized carbons (Fsp3) is 1.00. The van der Waals surface area contributed by atoms with E-state index in [4.69, 9.17) is 18.9 Å². The molecule has 2 heterocycles. The summed E-state index contributed by atoms with van der Waals surface area (Å²) in [6, 6.07) is 0. The second-order valence-electron chi connectivity index (χ2n) is 8.23. The van der Waals surface area contributed by atoms with Crippen molar-refractivity contribution in [3.8, 4) is 0 Å². The Hall–Kier alpha value is 0.150. The lowest BCUT2D eigenvalue weighted by atomic mass is 9.89. The van der Waals surface area contributed by atoms with Crippen LogP contribution in [0.5, 0.6) is 0 Å². The number of ether oxygens (including phenoxy) is 4. The van der Waals surface area contributed by atoms with Crippen LogP contribution in [-0.4, -0.2) is 45.8 Å². The van der Waals surface area contributed by atoms with Crippen molar-refractivity contribution < 1.29 is 23.5 Å². The van der Waals surface area contributed by atoms with E-state index in [0.717, 1.165) is 57.0 Å². The van der Waals surface area contributed by atoms with E-state index in [-0.39, 0.29) is 29.7 Å². The van der Waals surface area contributed by atoms with Gasteiger partial charge in [0, 0.05) is 25.7 Å². The van der Waals surface area contributed by atoms with Gasteiger partial charge in [0.1, 0.15) is 18.3 Å². The Kier molecular flexibility index (Phi) is 4.15. The fourth-order valence-corrected chi connectivity index (χ4v) is 6.08. The van der Waals surface area contributed by atoms with Gasteiger partial charge in [-0.2, -0.15) is 0 Å². The smallest absolute Gasteiger partial charge is 0.169 e. The van der Waals surface area contributed by atoms with Crippen LogP contribution >= 0.6 is 12.0 Å². The minimum atomic E-state index is -0.442. The van der Waals surface area contributed by atoms with E-state index in [0.29, 0.717) is 0 Å². The molecule has 3 saturated carbocycles. The number of fused-ring (bicyclic) bond motifs is 3. The molecule has 5 nitrogen and oxygen atoms in total. The summed E-state index contributed by atoms with van der Waals surface area (Å²) in [6.45, 7) is 0. The van der Waals surface area contributed by atoms with Crippen molar-refractivity contribution in [3.63, 3.8) is 0 Å². The van der Waals surface area contributed by atoms with E-state index < -0.39 is 11.6 Å². The van der Waals surface area contributed by atoms with Gasteiger partial charge in [-0.3, -0.25) is 0 Å². The van der Waals surface area contributed by atoms with Crippen LogP contribution in [0.4, 0.5) is 0 Å². The van der Waals surface area contributed by atoms with Crippen molar-refractivity contribution in [2.24, 2.45) is 0 Å². The van der Waals surface area contributed by atoms with Gasteiger partial charge in [-0.05, 0) is 44.1 Å². The normalized spacial score (nSPS) is 46.1. The SMILES string of the molecule is OS[C@H]1CC2OC3(CCCCC3)O[C@H]2C2OC3(CCCCC3)OC21. The van der Waals surface area contributed by atoms with Crippen LogP contribution in [0.1, 0.15) is 70.6 Å². The standard InChI is InChI=1S/C18H28O5S/c19-24-13-11-12-14(21-17(20-12)7-3-1-4-8-17)16-15(13)22-18(23-16)9-5-2-6-10-18/h12-16,19H,1-11H2/t12?,13-,14+,15?,16?/m0/s1. The second kappa shape index (κ2) is 6.10. The van der Waals surface area contributed by atoms with E-state index in [1.54, 1.807) is 0 Å². The summed E-state index contributed by atoms with van der Waals surface area (Å²) in [7, 11) is 0. The Morgan fingerprint density at radius 2 is 1.21 bits per heavy atom. The zero-order valence-electron chi connectivity index (χ0n) is 14.2. The average molecular weight is 356 g/mol. The van der Waals surface area contributed by atoms with E-state index in [1.165, 1.54) is 25.7 Å². The molecule has 5 rings (SSSR count). The highest BCUT2D eigenvalue weighted by Crippen LogP contribution is 2.52. The summed E-state index contributed by atoms with van der Waals surface area (Å²) in [5.41, 5.74) is 0. The average Bonchev–Trinajstić information content (AvgIpc) is 3.14. The van der Waals surface area contributed by atoms with Gasteiger partial charge < -0.3 is 23.5 Å². The molecule has 24 heavy (non-hydrogen) atoms. The molecule has 3 aliphatic carbocycles. The number of hydrogen-bond donors (Lipinski definition) is 1. The third kappa shape index (κ3) is 2.57. The maximum absolute atomic E-state index is 9.83. The molecule has 2 saturated heterocycles. The minimum absolute atomic E-state index is 0.0138. The molecule has 0 radical (unpaired) electrons. The molecule has 5 fully saturated rings. The number of rotatable bonds is 1. The highest BCUT2D eigenvalue weighted by molar-refractivity contribution is 7.94. The predicted molar refractivity (Wildman–Crippen MR) is 89.7 cm³/mol. The second-order valence-corrected chi connectivity index (χ2v) is 9.04. The third-order valence-corrected chi connectivity index (χ3v) is 7.36. The molecule has 0 aromatic rings. The molecular weight excluding hydrogens is 328 g/mol. The van der Waals surface area contributed by atoms with Crippen LogP contribution in [0.25, 0.3) is 0 Å². The first kappa shape index (κ1) is 16.3. The van der Waals surface area contributed by atoms with Crippen molar-refractivity contribution in [2.75, 3.05) is 0 Å². The van der Waals surface area contributed by atoms with Gasteiger partial charge in [-0.1, -0.05) is 12.8 Å². The lowest BCUT2D eigenvalue weighted by Gasteiger charge is -2.35. The van der Waals surface area contributed by atoms with E-state index in [1.807, 2.05) is 0 Å². The molecule has 5 atom stereocenters. The van der Waals surface area contributed by atoms with Crippen LogP contribution in [0.3, 0.4) is 0 Å². The van der Waals surface area contributed by atoms with E-state index >= 15 is 0 Å². The maximum atomic E-state index is 9.83. The summed E-state index contributed by atoms with van der Waals surface area (Å²) >= 11 is 0.913. The van der Waals surface area contributed by atoms with Gasteiger partial charge in [0.25, 0.3) is 0 Å². The molecular formula is C18H28O5S. The largest absolute Gasteiger partial charge is 0.344 e. The quantitative estimate of drug-likeness (QED) is 0.720. The summed E-state index contributed by atoms with van der Waals surface area (Å²) in [4.78, 5) is 0. The van der Waals surface area contributed by atoms with E-state index in [9.17, 15) is 4.55 Å². The Labute approximate surface area is 147 Å². The lowest BCUT2D eigenvalue weighted by Crippen LogP contribution is -2.52. The maximum Gasteiger partial charge on any atom is 0.169 e. The van der Waals surface area contributed by atoms with Crippen LogP contribution < -0.4 is 0 Å². The molecule has 0 aromatic carbocycles. The molecule has 6 heteroatoms. The monoisotopic (exact) mass is 356 g/mol. The van der Waals surface area contributed by atoms with E-state index in [2.05, 4.69) is 0 Å². The van der Waals surface area contributed by atoms with Crippen molar-refractivity contribution in [2.45, 2.75) is 112 Å². The molecule has 2 spiro atoms. The Bertz CT molecular complexity index is 474. The van der Waals surface area contributed by atoms with Crippen molar-refractivity contribution in [1.82, 2.24) is 0 Å². The highest BCUT2D eigenvalue weighted by Gasteiger charge is 2.63. The first-order valence-corrected chi connectivity index (χ1v) is 10.6. The topological polar surface area (TPSA) is 57.2 Å². The lowest BCUT2D eigenvalue weighted by molar-refractivity contribution is -0.218.